The van der Waals surface area contributed by atoms with Crippen molar-refractivity contribution in [3.8, 4) is 11.8 Å². The molecule has 1 aromatic rings. The first-order valence-electron chi connectivity index (χ1n) is 4.82. The number of methoxy groups -OCH3 is 1. The number of halogens is 4. The molecular weight excluding hydrogens is 331 g/mol. The quantitative estimate of drug-likeness (QED) is 0.795. The zero-order valence-corrected chi connectivity index (χ0v) is 11.1. The largest absolute Gasteiger partial charge is 0.573 e. The van der Waals surface area contributed by atoms with Crippen LogP contribution in [-0.4, -0.2) is 19.4 Å². The van der Waals surface area contributed by atoms with E-state index < -0.39 is 24.5 Å². The van der Waals surface area contributed by atoms with Gasteiger partial charge in [0.1, 0.15) is 5.75 Å². The highest BCUT2D eigenvalue weighted by molar-refractivity contribution is 9.10. The highest BCUT2D eigenvalue weighted by Gasteiger charge is 2.34. The first-order valence-corrected chi connectivity index (χ1v) is 5.62. The maximum absolute atomic E-state index is 12.3. The molecule has 0 bridgehead atoms. The average Bonchev–Trinajstić information content (AvgIpc) is 2.32. The molecule has 0 saturated heterocycles. The number of benzene rings is 1. The van der Waals surface area contributed by atoms with E-state index in [1.54, 1.807) is 6.07 Å². The van der Waals surface area contributed by atoms with Crippen LogP contribution in [0.5, 0.6) is 5.75 Å². The number of alkyl halides is 3. The summed E-state index contributed by atoms with van der Waals surface area (Å²) < 4.78 is 45.2. The van der Waals surface area contributed by atoms with Crippen LogP contribution in [0.25, 0.3) is 0 Å². The fourth-order valence-electron chi connectivity index (χ4n) is 1.32. The van der Waals surface area contributed by atoms with Gasteiger partial charge in [-0.2, -0.15) is 5.26 Å². The molecule has 1 aromatic carbocycles. The average molecular weight is 338 g/mol. The second kappa shape index (κ2) is 5.93. The van der Waals surface area contributed by atoms with Crippen LogP contribution in [0.15, 0.2) is 16.6 Å². The zero-order chi connectivity index (χ0) is 14.6. The van der Waals surface area contributed by atoms with E-state index in [2.05, 4.69) is 25.4 Å². The van der Waals surface area contributed by atoms with Crippen molar-refractivity contribution in [2.75, 3.05) is 7.11 Å². The number of rotatable bonds is 3. The predicted octanol–water partition coefficient (Wildman–Crippen LogP) is 2.93. The topological polar surface area (TPSA) is 59.3 Å². The number of hydrogen-bond acceptors (Lipinski definition) is 4. The Morgan fingerprint density at radius 1 is 1.47 bits per heavy atom. The second-order valence-electron chi connectivity index (χ2n) is 3.32. The standard InChI is InChI=1S/C11H7BrF3NO3/c1-18-9(17)4-7-6(5-16)2-3-8(12)10(7)19-11(13,14)15/h2-3H,4H2,1H3. The summed E-state index contributed by atoms with van der Waals surface area (Å²) in [6.45, 7) is 0. The smallest absolute Gasteiger partial charge is 0.469 e. The monoisotopic (exact) mass is 337 g/mol. The number of carbonyl (C=O) groups excluding carboxylic acids is 1. The molecule has 0 amide bonds. The number of hydrogen-bond donors (Lipinski definition) is 0. The molecule has 0 aliphatic rings. The Hall–Kier alpha value is -1.75. The summed E-state index contributed by atoms with van der Waals surface area (Å²) in [6, 6.07) is 4.22. The third-order valence-corrected chi connectivity index (χ3v) is 2.72. The van der Waals surface area contributed by atoms with E-state index in [9.17, 15) is 18.0 Å². The zero-order valence-electron chi connectivity index (χ0n) is 9.55. The minimum Gasteiger partial charge on any atom is -0.469 e. The van der Waals surface area contributed by atoms with Gasteiger partial charge >= 0.3 is 12.3 Å². The van der Waals surface area contributed by atoms with Crippen molar-refractivity contribution in [3.63, 3.8) is 0 Å². The Labute approximate surface area is 114 Å². The number of carbonyl (C=O) groups is 1. The van der Waals surface area contributed by atoms with Gasteiger partial charge in [-0.25, -0.2) is 0 Å². The summed E-state index contributed by atoms with van der Waals surface area (Å²) in [4.78, 5) is 11.2. The Morgan fingerprint density at radius 3 is 2.58 bits per heavy atom. The molecule has 0 aliphatic heterocycles. The lowest BCUT2D eigenvalue weighted by Gasteiger charge is -2.15. The fourth-order valence-corrected chi connectivity index (χ4v) is 1.77. The van der Waals surface area contributed by atoms with Gasteiger partial charge in [0.2, 0.25) is 0 Å². The number of nitriles is 1. The molecule has 0 N–H and O–H groups in total. The van der Waals surface area contributed by atoms with Crippen LogP contribution >= 0.6 is 15.9 Å². The van der Waals surface area contributed by atoms with E-state index >= 15 is 0 Å². The maximum Gasteiger partial charge on any atom is 0.573 e. The van der Waals surface area contributed by atoms with Crippen molar-refractivity contribution in [2.45, 2.75) is 12.8 Å². The van der Waals surface area contributed by atoms with Gasteiger partial charge in [0.15, 0.2) is 0 Å². The molecule has 0 atom stereocenters. The first kappa shape index (κ1) is 15.3. The number of nitrogens with zero attached hydrogens (tertiary/aromatic N) is 1. The highest BCUT2D eigenvalue weighted by Crippen LogP contribution is 2.36. The van der Waals surface area contributed by atoms with E-state index in [4.69, 9.17) is 5.26 Å². The molecule has 0 spiro atoms. The van der Waals surface area contributed by atoms with E-state index in [1.165, 1.54) is 12.1 Å². The first-order chi connectivity index (χ1) is 8.78. The van der Waals surface area contributed by atoms with E-state index in [-0.39, 0.29) is 15.6 Å². The molecule has 0 aromatic heterocycles. The summed E-state index contributed by atoms with van der Waals surface area (Å²) in [6.07, 6.45) is -5.42. The fraction of sp³-hybridized carbons (Fsp3) is 0.273. The van der Waals surface area contributed by atoms with Gasteiger partial charge in [-0.3, -0.25) is 4.79 Å². The molecule has 4 nitrogen and oxygen atoms in total. The van der Waals surface area contributed by atoms with Crippen molar-refractivity contribution in [3.05, 3.63) is 27.7 Å². The lowest BCUT2D eigenvalue weighted by Crippen LogP contribution is -2.20. The molecule has 0 heterocycles. The summed E-state index contributed by atoms with van der Waals surface area (Å²) >= 11 is 2.89. The van der Waals surface area contributed by atoms with Crippen molar-refractivity contribution in [1.29, 1.82) is 5.26 Å². The molecule has 1 rings (SSSR count). The molecule has 0 aliphatic carbocycles. The van der Waals surface area contributed by atoms with Crippen LogP contribution in [0.2, 0.25) is 0 Å². The Bertz CT molecular complexity index is 537. The third-order valence-electron chi connectivity index (χ3n) is 2.10. The molecule has 0 fully saturated rings. The normalized spacial score (nSPS) is 10.7. The van der Waals surface area contributed by atoms with Crippen LogP contribution in [-0.2, 0) is 16.0 Å². The Morgan fingerprint density at radius 2 is 2.11 bits per heavy atom. The minimum absolute atomic E-state index is 0.0114. The van der Waals surface area contributed by atoms with Crippen LogP contribution < -0.4 is 4.74 Å². The second-order valence-corrected chi connectivity index (χ2v) is 4.17. The van der Waals surface area contributed by atoms with Gasteiger partial charge in [-0.1, -0.05) is 0 Å². The summed E-state index contributed by atoms with van der Waals surface area (Å²) in [5.41, 5.74) is -0.270. The van der Waals surface area contributed by atoms with Gasteiger partial charge < -0.3 is 9.47 Å². The molecular formula is C11H7BrF3NO3. The van der Waals surface area contributed by atoms with Crippen LogP contribution in [0.4, 0.5) is 13.2 Å². The SMILES string of the molecule is COC(=O)Cc1c(C#N)ccc(Br)c1OC(F)(F)F. The lowest BCUT2D eigenvalue weighted by atomic mass is 10.0. The molecule has 0 saturated carbocycles. The maximum atomic E-state index is 12.3. The summed E-state index contributed by atoms with van der Waals surface area (Å²) in [5.74, 6) is -1.39. The molecule has 0 radical (unpaired) electrons. The van der Waals surface area contributed by atoms with Crippen LogP contribution in [0.3, 0.4) is 0 Å². The number of esters is 1. The van der Waals surface area contributed by atoms with Gasteiger partial charge in [0, 0.05) is 5.56 Å². The Kier molecular flexibility index (Phi) is 4.78. The van der Waals surface area contributed by atoms with Crippen LogP contribution in [0, 0.1) is 11.3 Å². The molecule has 8 heteroatoms. The van der Waals surface area contributed by atoms with Crippen molar-refractivity contribution in [1.82, 2.24) is 0 Å². The van der Waals surface area contributed by atoms with Gasteiger partial charge in [-0.15, -0.1) is 13.2 Å². The predicted molar refractivity (Wildman–Crippen MR) is 61.3 cm³/mol. The molecule has 0 unspecified atom stereocenters. The lowest BCUT2D eigenvalue weighted by molar-refractivity contribution is -0.275. The van der Waals surface area contributed by atoms with E-state index in [0.717, 1.165) is 7.11 Å². The van der Waals surface area contributed by atoms with E-state index in [1.807, 2.05) is 0 Å². The van der Waals surface area contributed by atoms with Crippen molar-refractivity contribution in [2.24, 2.45) is 0 Å². The van der Waals surface area contributed by atoms with Gasteiger partial charge in [0.05, 0.1) is 29.6 Å². The summed E-state index contributed by atoms with van der Waals surface area (Å²) in [5, 5.41) is 8.86. The van der Waals surface area contributed by atoms with Crippen LogP contribution in [0.1, 0.15) is 11.1 Å². The van der Waals surface area contributed by atoms with E-state index in [0.29, 0.717) is 0 Å². The summed E-state index contributed by atoms with van der Waals surface area (Å²) in [7, 11) is 1.09. The molecule has 19 heavy (non-hydrogen) atoms. The highest BCUT2D eigenvalue weighted by atomic mass is 79.9. The number of ether oxygens (including phenoxy) is 2. The van der Waals surface area contributed by atoms with Gasteiger partial charge in [0.25, 0.3) is 0 Å². The minimum atomic E-state index is -4.93. The molecule has 102 valence electrons. The van der Waals surface area contributed by atoms with Crippen molar-refractivity contribution >= 4 is 21.9 Å². The van der Waals surface area contributed by atoms with Crippen molar-refractivity contribution < 1.29 is 27.4 Å². The van der Waals surface area contributed by atoms with Gasteiger partial charge in [-0.05, 0) is 28.1 Å². The third kappa shape index (κ3) is 4.13. The Balaban J connectivity index is 3.33.